The largest absolute Gasteiger partial charge is 0.872 e. The first kappa shape index (κ1) is 22.6. The Bertz CT molecular complexity index is 959. The molecule has 0 bridgehead atoms. The second kappa shape index (κ2) is 9.83. The number of nitrogens with one attached hydrogen (secondary N) is 1. The van der Waals surface area contributed by atoms with Crippen molar-refractivity contribution in [2.24, 2.45) is 0 Å². The Hall–Kier alpha value is -3.06. The summed E-state index contributed by atoms with van der Waals surface area (Å²) in [6.45, 7) is 5.60. The molecule has 1 atom stereocenters. The molecule has 31 heavy (non-hydrogen) atoms. The lowest BCUT2D eigenvalue weighted by Crippen LogP contribution is -3.05. The highest BCUT2D eigenvalue weighted by Gasteiger charge is 2.45. The highest BCUT2D eigenvalue weighted by atomic mass is 16.5. The summed E-state index contributed by atoms with van der Waals surface area (Å²) in [6.07, 6.45) is 1.59. The Kier molecular flexibility index (Phi) is 7.17. The number of carbonyl (C=O) groups excluding carboxylic acids is 2. The van der Waals surface area contributed by atoms with Crippen LogP contribution in [0.25, 0.3) is 5.76 Å². The van der Waals surface area contributed by atoms with Crippen LogP contribution in [0.2, 0.25) is 0 Å². The fourth-order valence-electron chi connectivity index (χ4n) is 3.68. The van der Waals surface area contributed by atoms with Crippen molar-refractivity contribution < 1.29 is 28.7 Å². The fourth-order valence-corrected chi connectivity index (χ4v) is 3.68. The Balaban J connectivity index is 1.98. The van der Waals surface area contributed by atoms with Crippen molar-refractivity contribution in [3.05, 3.63) is 59.1 Å². The van der Waals surface area contributed by atoms with E-state index in [1.165, 1.54) is 9.80 Å². The van der Waals surface area contributed by atoms with E-state index in [0.29, 0.717) is 42.4 Å². The van der Waals surface area contributed by atoms with Gasteiger partial charge in [0.05, 0.1) is 27.2 Å². The zero-order valence-corrected chi connectivity index (χ0v) is 18.6. The molecular formula is C24H30N2O5. The molecule has 1 saturated heterocycles. The first-order valence-electron chi connectivity index (χ1n) is 10.7. The van der Waals surface area contributed by atoms with Crippen LogP contribution in [-0.2, 0) is 9.59 Å². The summed E-state index contributed by atoms with van der Waals surface area (Å²) in [5, 5.41) is 13.3. The van der Waals surface area contributed by atoms with Gasteiger partial charge in [-0.1, -0.05) is 24.8 Å². The molecule has 0 saturated carbocycles. The van der Waals surface area contributed by atoms with E-state index in [9.17, 15) is 14.7 Å². The van der Waals surface area contributed by atoms with Crippen molar-refractivity contribution in [3.63, 3.8) is 0 Å². The molecule has 3 rings (SSSR count). The quantitative estimate of drug-likeness (QED) is 0.369. The zero-order chi connectivity index (χ0) is 22.5. The van der Waals surface area contributed by atoms with Gasteiger partial charge in [0, 0.05) is 18.5 Å². The topological polar surface area (TPSA) is 87.2 Å². The van der Waals surface area contributed by atoms with Crippen LogP contribution in [0.3, 0.4) is 0 Å². The minimum absolute atomic E-state index is 0.0567. The minimum Gasteiger partial charge on any atom is -0.872 e. The van der Waals surface area contributed by atoms with Crippen LogP contribution in [0.1, 0.15) is 42.9 Å². The third-order valence-corrected chi connectivity index (χ3v) is 5.23. The van der Waals surface area contributed by atoms with E-state index < -0.39 is 23.5 Å². The minimum atomic E-state index is -0.811. The molecular weight excluding hydrogens is 396 g/mol. The second-order valence-electron chi connectivity index (χ2n) is 8.10. The molecule has 2 heterocycles. The molecule has 1 unspecified atom stereocenters. The number of ether oxygens (including phenoxy) is 1. The normalized spacial score (nSPS) is 18.2. The van der Waals surface area contributed by atoms with Gasteiger partial charge in [-0.3, -0.25) is 9.59 Å². The summed E-state index contributed by atoms with van der Waals surface area (Å²) >= 11 is 0. The van der Waals surface area contributed by atoms with Crippen LogP contribution in [0.15, 0.2) is 46.4 Å². The van der Waals surface area contributed by atoms with E-state index in [1.807, 2.05) is 21.0 Å². The average Bonchev–Trinajstić information content (AvgIpc) is 3.28. The van der Waals surface area contributed by atoms with Crippen molar-refractivity contribution in [2.75, 3.05) is 33.8 Å². The molecule has 0 aliphatic carbocycles. The molecule has 0 spiro atoms. The van der Waals surface area contributed by atoms with Crippen molar-refractivity contribution in [2.45, 2.75) is 32.7 Å². The van der Waals surface area contributed by atoms with Gasteiger partial charge < -0.3 is 24.1 Å². The lowest BCUT2D eigenvalue weighted by Gasteiger charge is -2.25. The van der Waals surface area contributed by atoms with Gasteiger partial charge in [0.2, 0.25) is 5.78 Å². The van der Waals surface area contributed by atoms with Crippen LogP contribution >= 0.6 is 0 Å². The van der Waals surface area contributed by atoms with Crippen LogP contribution in [-0.4, -0.2) is 50.4 Å². The van der Waals surface area contributed by atoms with Crippen LogP contribution < -0.4 is 14.7 Å². The maximum atomic E-state index is 13.3. The van der Waals surface area contributed by atoms with E-state index in [-0.39, 0.29) is 5.57 Å². The SMILES string of the molecule is CCCOc1ccc(C([O-])=C2C(=O)C(=O)N(CCC[NH+](C)C)C2c2ccc(C)o2)cc1. The predicted molar refractivity (Wildman–Crippen MR) is 114 cm³/mol. The molecule has 1 aliphatic rings. The number of nitrogens with zero attached hydrogens (tertiary/aromatic N) is 1. The van der Waals surface area contributed by atoms with E-state index >= 15 is 0 Å². The van der Waals surface area contributed by atoms with Crippen molar-refractivity contribution in [1.29, 1.82) is 0 Å². The summed E-state index contributed by atoms with van der Waals surface area (Å²) in [7, 11) is 4.05. The summed E-state index contributed by atoms with van der Waals surface area (Å²) in [6, 6.07) is 9.34. The highest BCUT2D eigenvalue weighted by molar-refractivity contribution is 6.46. The molecule has 1 aromatic heterocycles. The maximum Gasteiger partial charge on any atom is 0.295 e. The van der Waals surface area contributed by atoms with Gasteiger partial charge in [-0.25, -0.2) is 0 Å². The van der Waals surface area contributed by atoms with Gasteiger partial charge in [0.1, 0.15) is 23.3 Å². The van der Waals surface area contributed by atoms with E-state index in [0.717, 1.165) is 13.0 Å². The summed E-state index contributed by atoms with van der Waals surface area (Å²) in [4.78, 5) is 28.4. The lowest BCUT2D eigenvalue weighted by atomic mass is 9.99. The number of quaternary nitrogens is 1. The standard InChI is InChI=1S/C24H30N2O5/c1-5-15-30-18-10-8-17(9-11-18)22(27)20-21(19-12-7-16(2)31-19)26(24(29)23(20)28)14-6-13-25(3)4/h7-12,21,27H,5-6,13-15H2,1-4H3. The monoisotopic (exact) mass is 426 g/mol. The number of ketones is 1. The molecule has 1 N–H and O–H groups in total. The average molecular weight is 427 g/mol. The summed E-state index contributed by atoms with van der Waals surface area (Å²) in [5.41, 5.74) is 0.284. The Morgan fingerprint density at radius 3 is 2.45 bits per heavy atom. The number of furan rings is 1. The number of hydrogen-bond acceptors (Lipinski definition) is 5. The Morgan fingerprint density at radius 1 is 1.16 bits per heavy atom. The zero-order valence-electron chi connectivity index (χ0n) is 18.6. The number of likely N-dealkylation sites (tertiary alicyclic amines) is 1. The van der Waals surface area contributed by atoms with Gasteiger partial charge in [-0.05, 0) is 43.2 Å². The van der Waals surface area contributed by atoms with Crippen molar-refractivity contribution >= 4 is 17.4 Å². The summed E-state index contributed by atoms with van der Waals surface area (Å²) < 4.78 is 11.3. The van der Waals surface area contributed by atoms with Gasteiger partial charge in [-0.15, -0.1) is 0 Å². The molecule has 1 aliphatic heterocycles. The number of carbonyl (C=O) groups is 2. The van der Waals surface area contributed by atoms with Crippen molar-refractivity contribution in [3.8, 4) is 5.75 Å². The van der Waals surface area contributed by atoms with Gasteiger partial charge >= 0.3 is 0 Å². The Morgan fingerprint density at radius 2 is 1.87 bits per heavy atom. The number of hydrogen-bond donors (Lipinski definition) is 1. The second-order valence-corrected chi connectivity index (χ2v) is 8.10. The maximum absolute atomic E-state index is 13.3. The molecule has 7 heteroatoms. The van der Waals surface area contributed by atoms with E-state index in [4.69, 9.17) is 9.15 Å². The van der Waals surface area contributed by atoms with Gasteiger partial charge in [-0.2, -0.15) is 0 Å². The lowest BCUT2D eigenvalue weighted by molar-refractivity contribution is -0.858. The molecule has 1 aromatic carbocycles. The molecule has 166 valence electrons. The van der Waals surface area contributed by atoms with Crippen LogP contribution in [0.5, 0.6) is 5.75 Å². The highest BCUT2D eigenvalue weighted by Crippen LogP contribution is 2.39. The number of Topliss-reactive ketones (excluding diaryl/α,β-unsaturated/α-hetero) is 1. The predicted octanol–water partition coefficient (Wildman–Crippen LogP) is 1.14. The number of rotatable bonds is 9. The molecule has 1 fully saturated rings. The molecule has 7 nitrogen and oxygen atoms in total. The van der Waals surface area contributed by atoms with E-state index in [1.54, 1.807) is 43.3 Å². The first-order chi connectivity index (χ1) is 14.8. The van der Waals surface area contributed by atoms with Gasteiger partial charge in [0.25, 0.3) is 5.91 Å². The van der Waals surface area contributed by atoms with Crippen LogP contribution in [0.4, 0.5) is 0 Å². The molecule has 2 aromatic rings. The van der Waals surface area contributed by atoms with E-state index in [2.05, 4.69) is 0 Å². The fraction of sp³-hybridized carbons (Fsp3) is 0.417. The van der Waals surface area contributed by atoms with Gasteiger partial charge in [0.15, 0.2) is 0 Å². The third kappa shape index (κ3) is 4.99. The molecule has 1 amide bonds. The molecule has 0 radical (unpaired) electrons. The number of amides is 1. The smallest absolute Gasteiger partial charge is 0.295 e. The number of aryl methyl sites for hydroxylation is 1. The van der Waals surface area contributed by atoms with Crippen molar-refractivity contribution in [1.82, 2.24) is 4.90 Å². The summed E-state index contributed by atoms with van der Waals surface area (Å²) in [5.74, 6) is -0.126. The van der Waals surface area contributed by atoms with Crippen LogP contribution in [0, 0.1) is 6.92 Å². The Labute approximate surface area is 182 Å². The first-order valence-corrected chi connectivity index (χ1v) is 10.7. The third-order valence-electron chi connectivity index (χ3n) is 5.23. The number of benzene rings is 1.